The lowest BCUT2D eigenvalue weighted by Crippen LogP contribution is -2.28. The Kier molecular flexibility index (Phi) is 6.72. The van der Waals surface area contributed by atoms with E-state index in [2.05, 4.69) is 5.32 Å². The van der Waals surface area contributed by atoms with Crippen molar-refractivity contribution < 1.29 is 23.9 Å². The molecular formula is C23H26N2O5. The van der Waals surface area contributed by atoms with Crippen molar-refractivity contribution >= 4 is 29.2 Å². The van der Waals surface area contributed by atoms with Crippen molar-refractivity contribution in [2.24, 2.45) is 5.92 Å². The molecule has 1 heterocycles. The van der Waals surface area contributed by atoms with Gasteiger partial charge in [-0.1, -0.05) is 24.3 Å². The van der Waals surface area contributed by atoms with Gasteiger partial charge in [-0.3, -0.25) is 14.4 Å². The normalized spacial score (nSPS) is 15.8. The van der Waals surface area contributed by atoms with E-state index < -0.39 is 24.4 Å². The van der Waals surface area contributed by atoms with Gasteiger partial charge in [-0.05, 0) is 50.1 Å². The maximum absolute atomic E-state index is 12.5. The minimum Gasteiger partial charge on any atom is -0.492 e. The van der Waals surface area contributed by atoms with Gasteiger partial charge in [0.25, 0.3) is 5.91 Å². The fourth-order valence-electron chi connectivity index (χ4n) is 3.40. The number of carbonyl (C=O) groups excluding carboxylic acids is 3. The van der Waals surface area contributed by atoms with Crippen LogP contribution in [0, 0.1) is 19.8 Å². The molecule has 1 N–H and O–H groups in total. The number of aryl methyl sites for hydroxylation is 2. The van der Waals surface area contributed by atoms with Gasteiger partial charge < -0.3 is 19.7 Å². The van der Waals surface area contributed by atoms with Crippen molar-refractivity contribution in [3.05, 3.63) is 53.6 Å². The fourth-order valence-corrected chi connectivity index (χ4v) is 3.40. The largest absolute Gasteiger partial charge is 0.492 e. The lowest BCUT2D eigenvalue weighted by molar-refractivity contribution is -0.151. The van der Waals surface area contributed by atoms with Crippen LogP contribution < -0.4 is 15.0 Å². The monoisotopic (exact) mass is 410 g/mol. The molecule has 0 spiro atoms. The highest BCUT2D eigenvalue weighted by molar-refractivity contribution is 6.00. The third-order valence-electron chi connectivity index (χ3n) is 4.92. The van der Waals surface area contributed by atoms with Crippen molar-refractivity contribution in [1.29, 1.82) is 0 Å². The second kappa shape index (κ2) is 9.43. The number of amides is 2. The highest BCUT2D eigenvalue weighted by Gasteiger charge is 2.36. The van der Waals surface area contributed by atoms with Crippen LogP contribution in [0.4, 0.5) is 11.4 Å². The molecule has 7 nitrogen and oxygen atoms in total. The Morgan fingerprint density at radius 3 is 2.70 bits per heavy atom. The Bertz CT molecular complexity index is 956. The number of carbonyl (C=O) groups is 3. The minimum atomic E-state index is -0.596. The molecule has 2 aromatic rings. The Morgan fingerprint density at radius 1 is 1.17 bits per heavy atom. The van der Waals surface area contributed by atoms with E-state index in [1.165, 1.54) is 0 Å². The first-order valence-electron chi connectivity index (χ1n) is 9.95. The molecule has 2 aromatic carbocycles. The van der Waals surface area contributed by atoms with Gasteiger partial charge in [-0.15, -0.1) is 0 Å². The summed E-state index contributed by atoms with van der Waals surface area (Å²) in [5, 5.41) is 2.68. The number of nitrogens with one attached hydrogen (secondary N) is 1. The Labute approximate surface area is 176 Å². The van der Waals surface area contributed by atoms with Crippen LogP contribution in [0.15, 0.2) is 42.5 Å². The molecule has 1 aliphatic rings. The molecular weight excluding hydrogens is 384 g/mol. The maximum Gasteiger partial charge on any atom is 0.311 e. The number of nitrogens with zero attached hydrogens (tertiary/aromatic N) is 1. The van der Waals surface area contributed by atoms with Gasteiger partial charge in [0.05, 0.1) is 18.2 Å². The van der Waals surface area contributed by atoms with E-state index in [9.17, 15) is 14.4 Å². The summed E-state index contributed by atoms with van der Waals surface area (Å²) in [5.41, 5.74) is 3.33. The van der Waals surface area contributed by atoms with Gasteiger partial charge in [-0.2, -0.15) is 0 Å². The standard InChI is InChI=1S/C23H26N2O5/c1-4-29-20-8-6-5-7-18(20)24-21(26)14-30-23(28)17-12-22(27)25(13-17)19-11-15(2)9-10-16(19)3/h5-11,17H,4,12-14H2,1-3H3,(H,24,26)/t17-/m0/s1. The van der Waals surface area contributed by atoms with Crippen LogP contribution in [0.1, 0.15) is 24.5 Å². The number of esters is 1. The number of hydrogen-bond acceptors (Lipinski definition) is 5. The van der Waals surface area contributed by atoms with Gasteiger partial charge in [0.2, 0.25) is 5.91 Å². The summed E-state index contributed by atoms with van der Waals surface area (Å²) in [5.74, 6) is -1.19. The molecule has 0 saturated carbocycles. The zero-order valence-corrected chi connectivity index (χ0v) is 17.4. The molecule has 0 unspecified atom stereocenters. The number of benzene rings is 2. The van der Waals surface area contributed by atoms with Crippen LogP contribution in [0.5, 0.6) is 5.75 Å². The van der Waals surface area contributed by atoms with E-state index in [4.69, 9.17) is 9.47 Å². The quantitative estimate of drug-likeness (QED) is 0.709. The topological polar surface area (TPSA) is 84.9 Å². The number of rotatable bonds is 7. The summed E-state index contributed by atoms with van der Waals surface area (Å²) >= 11 is 0. The summed E-state index contributed by atoms with van der Waals surface area (Å²) in [6.07, 6.45) is 0.0704. The number of ether oxygens (including phenoxy) is 2. The van der Waals surface area contributed by atoms with Gasteiger partial charge >= 0.3 is 5.97 Å². The average molecular weight is 410 g/mol. The van der Waals surface area contributed by atoms with Crippen LogP contribution in [0.3, 0.4) is 0 Å². The van der Waals surface area contributed by atoms with Gasteiger partial charge in [0, 0.05) is 18.7 Å². The summed E-state index contributed by atoms with van der Waals surface area (Å²) in [7, 11) is 0. The van der Waals surface area contributed by atoms with E-state index in [0.717, 1.165) is 16.8 Å². The highest BCUT2D eigenvalue weighted by Crippen LogP contribution is 2.29. The molecule has 1 aliphatic heterocycles. The molecule has 7 heteroatoms. The van der Waals surface area contributed by atoms with E-state index in [0.29, 0.717) is 18.0 Å². The average Bonchev–Trinajstić information content (AvgIpc) is 3.11. The molecule has 0 bridgehead atoms. The number of para-hydroxylation sites is 2. The molecule has 1 atom stereocenters. The van der Waals surface area contributed by atoms with Crippen molar-refractivity contribution in [2.75, 3.05) is 30.0 Å². The van der Waals surface area contributed by atoms with E-state index in [-0.39, 0.29) is 18.9 Å². The summed E-state index contributed by atoms with van der Waals surface area (Å²) < 4.78 is 10.6. The zero-order chi connectivity index (χ0) is 21.7. The SMILES string of the molecule is CCOc1ccccc1NC(=O)COC(=O)[C@H]1CC(=O)N(c2cc(C)ccc2C)C1. The highest BCUT2D eigenvalue weighted by atomic mass is 16.5. The Hall–Kier alpha value is -3.35. The van der Waals surface area contributed by atoms with Crippen molar-refractivity contribution in [3.8, 4) is 5.75 Å². The summed E-state index contributed by atoms with van der Waals surface area (Å²) in [6, 6.07) is 12.9. The Balaban J connectivity index is 1.56. The molecule has 2 amide bonds. The van der Waals surface area contributed by atoms with Crippen LogP contribution >= 0.6 is 0 Å². The van der Waals surface area contributed by atoms with E-state index >= 15 is 0 Å². The van der Waals surface area contributed by atoms with E-state index in [1.807, 2.05) is 39.0 Å². The molecule has 0 aliphatic carbocycles. The molecule has 0 radical (unpaired) electrons. The molecule has 158 valence electrons. The molecule has 0 aromatic heterocycles. The van der Waals surface area contributed by atoms with Crippen molar-refractivity contribution in [2.45, 2.75) is 27.2 Å². The Morgan fingerprint density at radius 2 is 1.93 bits per heavy atom. The van der Waals surface area contributed by atoms with Crippen LogP contribution in [-0.4, -0.2) is 37.5 Å². The zero-order valence-electron chi connectivity index (χ0n) is 17.4. The second-order valence-corrected chi connectivity index (χ2v) is 7.28. The fraction of sp³-hybridized carbons (Fsp3) is 0.348. The number of anilines is 2. The molecule has 30 heavy (non-hydrogen) atoms. The summed E-state index contributed by atoms with van der Waals surface area (Å²) in [4.78, 5) is 38.7. The van der Waals surface area contributed by atoms with Crippen molar-refractivity contribution in [3.63, 3.8) is 0 Å². The number of hydrogen-bond donors (Lipinski definition) is 1. The van der Waals surface area contributed by atoms with Gasteiger partial charge in [0.1, 0.15) is 5.75 Å². The van der Waals surface area contributed by atoms with Crippen LogP contribution in [0.25, 0.3) is 0 Å². The third-order valence-corrected chi connectivity index (χ3v) is 4.92. The van der Waals surface area contributed by atoms with Crippen LogP contribution in [-0.2, 0) is 19.1 Å². The smallest absolute Gasteiger partial charge is 0.311 e. The van der Waals surface area contributed by atoms with Gasteiger partial charge in [0.15, 0.2) is 6.61 Å². The third kappa shape index (κ3) is 4.97. The molecule has 1 fully saturated rings. The second-order valence-electron chi connectivity index (χ2n) is 7.28. The first-order valence-corrected chi connectivity index (χ1v) is 9.95. The first-order chi connectivity index (χ1) is 14.4. The minimum absolute atomic E-state index is 0.0704. The molecule has 1 saturated heterocycles. The lowest BCUT2D eigenvalue weighted by atomic mass is 10.1. The molecule has 3 rings (SSSR count). The first kappa shape index (κ1) is 21.4. The van der Waals surface area contributed by atoms with Crippen LogP contribution in [0.2, 0.25) is 0 Å². The van der Waals surface area contributed by atoms with Crippen molar-refractivity contribution in [1.82, 2.24) is 0 Å². The van der Waals surface area contributed by atoms with Gasteiger partial charge in [-0.25, -0.2) is 0 Å². The predicted molar refractivity (Wildman–Crippen MR) is 114 cm³/mol. The van der Waals surface area contributed by atoms with E-state index in [1.54, 1.807) is 29.2 Å². The maximum atomic E-state index is 12.5. The lowest BCUT2D eigenvalue weighted by Gasteiger charge is -2.19. The predicted octanol–water partition coefficient (Wildman–Crippen LogP) is 3.24. The summed E-state index contributed by atoms with van der Waals surface area (Å²) in [6.45, 7) is 6.03.